The van der Waals surface area contributed by atoms with Crippen LogP contribution in [0.15, 0.2) is 16.7 Å². The van der Waals surface area contributed by atoms with Gasteiger partial charge in [-0.1, -0.05) is 0 Å². The van der Waals surface area contributed by atoms with E-state index in [9.17, 15) is 9.59 Å². The summed E-state index contributed by atoms with van der Waals surface area (Å²) in [5, 5.41) is 5.24. The fourth-order valence-corrected chi connectivity index (χ4v) is 2.04. The minimum atomic E-state index is -0.444. The molecule has 0 aromatic carbocycles. The van der Waals surface area contributed by atoms with Crippen LogP contribution in [0.3, 0.4) is 0 Å². The molecule has 1 aromatic rings. The van der Waals surface area contributed by atoms with Crippen molar-refractivity contribution in [3.8, 4) is 0 Å². The molecule has 1 aliphatic rings. The second-order valence-electron chi connectivity index (χ2n) is 3.75. The van der Waals surface area contributed by atoms with Gasteiger partial charge in [0.05, 0.1) is 16.4 Å². The fraction of sp³-hybridized carbons (Fsp3) is 0.300. The Bertz CT molecular complexity index is 477. The topological polar surface area (TPSA) is 97.1 Å². The molecule has 0 spiro atoms. The molecule has 7 heteroatoms. The highest BCUT2D eigenvalue weighted by molar-refractivity contribution is 9.10. The molecule has 2 rings (SSSR count). The Balaban J connectivity index is 2.10. The number of hydrogen-bond donors (Lipinski definition) is 3. The summed E-state index contributed by atoms with van der Waals surface area (Å²) >= 11 is 3.30. The van der Waals surface area contributed by atoms with Gasteiger partial charge in [0.2, 0.25) is 11.8 Å². The lowest BCUT2D eigenvalue weighted by Gasteiger charge is -2.22. The molecule has 0 radical (unpaired) electrons. The van der Waals surface area contributed by atoms with Gasteiger partial charge in [0.15, 0.2) is 0 Å². The van der Waals surface area contributed by atoms with E-state index in [0.717, 1.165) is 0 Å². The van der Waals surface area contributed by atoms with E-state index in [2.05, 4.69) is 31.5 Å². The van der Waals surface area contributed by atoms with Gasteiger partial charge in [-0.25, -0.2) is 4.98 Å². The number of nitrogens with zero attached hydrogens (tertiary/aromatic N) is 1. The number of nitrogens with two attached hydrogens (primary N) is 1. The molecular weight excluding hydrogens is 288 g/mol. The molecule has 0 aliphatic carbocycles. The summed E-state index contributed by atoms with van der Waals surface area (Å²) in [5.41, 5.74) is 6.09. The molecule has 4 N–H and O–H groups in total. The number of rotatable bonds is 2. The van der Waals surface area contributed by atoms with Gasteiger partial charge in [0.25, 0.3) is 0 Å². The summed E-state index contributed by atoms with van der Waals surface area (Å²) in [6, 6.07) is 1.25. The number of nitrogen functional groups attached to an aromatic ring is 1. The zero-order valence-corrected chi connectivity index (χ0v) is 10.5. The number of carbonyl (C=O) groups excluding carboxylic acids is 2. The van der Waals surface area contributed by atoms with Crippen molar-refractivity contribution < 1.29 is 9.59 Å². The van der Waals surface area contributed by atoms with Crippen LogP contribution in [-0.2, 0) is 9.59 Å². The number of imide groups is 1. The van der Waals surface area contributed by atoms with Crippen LogP contribution in [0, 0.1) is 0 Å². The van der Waals surface area contributed by atoms with E-state index < -0.39 is 6.04 Å². The molecule has 2 amide bonds. The second-order valence-corrected chi connectivity index (χ2v) is 4.60. The monoisotopic (exact) mass is 298 g/mol. The van der Waals surface area contributed by atoms with Gasteiger partial charge in [-0.15, -0.1) is 0 Å². The van der Waals surface area contributed by atoms with Crippen LogP contribution < -0.4 is 16.4 Å². The molecule has 1 fully saturated rings. The van der Waals surface area contributed by atoms with Gasteiger partial charge >= 0.3 is 0 Å². The Morgan fingerprint density at radius 1 is 1.53 bits per heavy atom. The quantitative estimate of drug-likeness (QED) is 0.696. The molecule has 1 unspecified atom stereocenters. The van der Waals surface area contributed by atoms with Gasteiger partial charge in [0.1, 0.15) is 11.9 Å². The third kappa shape index (κ3) is 2.73. The maximum atomic E-state index is 11.5. The number of halogens is 1. The molecule has 2 heterocycles. The largest absolute Gasteiger partial charge is 0.397 e. The lowest BCUT2D eigenvalue weighted by atomic mass is 10.1. The third-order valence-corrected chi connectivity index (χ3v) is 3.02. The molecule has 0 saturated carbocycles. The first-order chi connectivity index (χ1) is 8.06. The minimum Gasteiger partial charge on any atom is -0.397 e. The molecular formula is C10H11BrN4O2. The second kappa shape index (κ2) is 4.70. The first kappa shape index (κ1) is 11.8. The highest BCUT2D eigenvalue weighted by Crippen LogP contribution is 2.23. The first-order valence-electron chi connectivity index (χ1n) is 5.07. The van der Waals surface area contributed by atoms with Gasteiger partial charge in [-0.2, -0.15) is 0 Å². The zero-order valence-electron chi connectivity index (χ0n) is 8.87. The van der Waals surface area contributed by atoms with E-state index >= 15 is 0 Å². The van der Waals surface area contributed by atoms with Gasteiger partial charge in [-0.05, 0) is 28.4 Å². The van der Waals surface area contributed by atoms with Crippen LogP contribution in [0.1, 0.15) is 12.8 Å². The number of carbonyl (C=O) groups is 2. The lowest BCUT2D eigenvalue weighted by Crippen LogP contribution is -2.47. The molecule has 0 bridgehead atoms. The number of hydrogen-bond acceptors (Lipinski definition) is 5. The van der Waals surface area contributed by atoms with Crippen LogP contribution in [0.2, 0.25) is 0 Å². The Morgan fingerprint density at radius 3 is 2.94 bits per heavy atom. The SMILES string of the molecule is Nc1cnc(NC2CCC(=O)NC2=O)c(Br)c1. The summed E-state index contributed by atoms with van der Waals surface area (Å²) < 4.78 is 0.683. The summed E-state index contributed by atoms with van der Waals surface area (Å²) in [6.07, 6.45) is 2.29. The normalized spacial score (nSPS) is 19.9. The van der Waals surface area contributed by atoms with E-state index in [0.29, 0.717) is 28.8 Å². The van der Waals surface area contributed by atoms with E-state index in [4.69, 9.17) is 5.73 Å². The van der Waals surface area contributed by atoms with Crippen LogP contribution in [0.4, 0.5) is 11.5 Å². The zero-order chi connectivity index (χ0) is 12.4. The van der Waals surface area contributed by atoms with Crippen LogP contribution in [-0.4, -0.2) is 22.8 Å². The van der Waals surface area contributed by atoms with E-state index in [1.807, 2.05) is 0 Å². The van der Waals surface area contributed by atoms with Crippen LogP contribution in [0.25, 0.3) is 0 Å². The Labute approximate surface area is 106 Å². The molecule has 6 nitrogen and oxygen atoms in total. The standard InChI is InChI=1S/C10H11BrN4O2/c11-6-3-5(12)4-13-9(6)14-7-1-2-8(16)15-10(7)17/h3-4,7H,1-2,12H2,(H,13,14)(H,15,16,17). The minimum absolute atomic E-state index is 0.239. The fourth-order valence-electron chi connectivity index (χ4n) is 1.56. The highest BCUT2D eigenvalue weighted by atomic mass is 79.9. The predicted octanol–water partition coefficient (Wildman–Crippen LogP) is 0.643. The summed E-state index contributed by atoms with van der Waals surface area (Å²) in [4.78, 5) is 26.6. The highest BCUT2D eigenvalue weighted by Gasteiger charge is 2.26. The van der Waals surface area contributed by atoms with Crippen molar-refractivity contribution in [3.05, 3.63) is 16.7 Å². The number of nitrogens with one attached hydrogen (secondary N) is 2. The molecule has 1 aliphatic heterocycles. The maximum absolute atomic E-state index is 11.5. The Hall–Kier alpha value is -1.63. The van der Waals surface area contributed by atoms with Crippen molar-refractivity contribution >= 4 is 39.2 Å². The van der Waals surface area contributed by atoms with Gasteiger partial charge < -0.3 is 11.1 Å². The number of amides is 2. The summed E-state index contributed by atoms with van der Waals surface area (Å²) in [5.74, 6) is -0.0298. The molecule has 90 valence electrons. The molecule has 17 heavy (non-hydrogen) atoms. The predicted molar refractivity (Wildman–Crippen MR) is 66.1 cm³/mol. The smallest absolute Gasteiger partial charge is 0.249 e. The van der Waals surface area contributed by atoms with Crippen molar-refractivity contribution in [2.24, 2.45) is 0 Å². The number of anilines is 2. The third-order valence-electron chi connectivity index (χ3n) is 2.41. The molecule has 1 aromatic heterocycles. The average molecular weight is 299 g/mol. The van der Waals surface area contributed by atoms with Gasteiger partial charge in [0, 0.05) is 6.42 Å². The average Bonchev–Trinajstić information content (AvgIpc) is 2.25. The van der Waals surface area contributed by atoms with Crippen LogP contribution >= 0.6 is 15.9 Å². The number of piperidine rings is 1. The number of pyridine rings is 1. The van der Waals surface area contributed by atoms with Crippen LogP contribution in [0.5, 0.6) is 0 Å². The van der Waals surface area contributed by atoms with E-state index in [1.54, 1.807) is 6.07 Å². The van der Waals surface area contributed by atoms with Crippen molar-refractivity contribution in [1.82, 2.24) is 10.3 Å². The summed E-state index contributed by atoms with van der Waals surface area (Å²) in [6.45, 7) is 0. The van der Waals surface area contributed by atoms with Crippen molar-refractivity contribution in [1.29, 1.82) is 0 Å². The Morgan fingerprint density at radius 2 is 2.29 bits per heavy atom. The molecule has 1 saturated heterocycles. The lowest BCUT2D eigenvalue weighted by molar-refractivity contribution is -0.133. The van der Waals surface area contributed by atoms with Crippen molar-refractivity contribution in [2.45, 2.75) is 18.9 Å². The van der Waals surface area contributed by atoms with Crippen molar-refractivity contribution in [2.75, 3.05) is 11.1 Å². The van der Waals surface area contributed by atoms with Gasteiger partial charge in [-0.3, -0.25) is 14.9 Å². The van der Waals surface area contributed by atoms with E-state index in [-0.39, 0.29) is 11.8 Å². The van der Waals surface area contributed by atoms with Crippen molar-refractivity contribution in [3.63, 3.8) is 0 Å². The number of aromatic nitrogens is 1. The molecule has 1 atom stereocenters. The van der Waals surface area contributed by atoms with E-state index in [1.165, 1.54) is 6.20 Å². The maximum Gasteiger partial charge on any atom is 0.249 e. The summed E-state index contributed by atoms with van der Waals surface area (Å²) in [7, 11) is 0. The first-order valence-corrected chi connectivity index (χ1v) is 5.87. The Kier molecular flexibility index (Phi) is 3.28.